The molecule has 4 heteroatoms. The minimum absolute atomic E-state index is 0.314. The summed E-state index contributed by atoms with van der Waals surface area (Å²) in [4.78, 5) is 1.46. The third-order valence-electron chi connectivity index (χ3n) is 3.03. The van der Waals surface area contributed by atoms with Gasteiger partial charge in [-0.25, -0.2) is 0 Å². The van der Waals surface area contributed by atoms with Crippen LogP contribution in [0.5, 0.6) is 0 Å². The van der Waals surface area contributed by atoms with E-state index in [2.05, 4.69) is 25.2 Å². The zero-order chi connectivity index (χ0) is 12.3. The Morgan fingerprint density at radius 3 is 3.18 bits per heavy atom. The fourth-order valence-electron chi connectivity index (χ4n) is 2.26. The van der Waals surface area contributed by atoms with E-state index in [1.807, 2.05) is 0 Å². The van der Waals surface area contributed by atoms with Crippen LogP contribution in [-0.2, 0) is 11.2 Å². The maximum Gasteiger partial charge on any atom is 0.0934 e. The van der Waals surface area contributed by atoms with Crippen LogP contribution in [0.15, 0.2) is 6.07 Å². The fourth-order valence-corrected chi connectivity index (χ4v) is 3.64. The van der Waals surface area contributed by atoms with E-state index in [0.717, 1.165) is 17.5 Å². The molecule has 1 unspecified atom stereocenters. The number of nitrogens with one attached hydrogen (secondary N) is 1. The van der Waals surface area contributed by atoms with Crippen molar-refractivity contribution < 1.29 is 4.74 Å². The molecule has 0 aliphatic heterocycles. The van der Waals surface area contributed by atoms with E-state index >= 15 is 0 Å². The quantitative estimate of drug-likeness (QED) is 0.824. The summed E-state index contributed by atoms with van der Waals surface area (Å²) >= 11 is 7.82. The molecular weight excluding hydrogens is 254 g/mol. The number of ether oxygens (including phenoxy) is 1. The van der Waals surface area contributed by atoms with Gasteiger partial charge >= 0.3 is 0 Å². The van der Waals surface area contributed by atoms with Crippen LogP contribution in [0.4, 0.5) is 0 Å². The summed E-state index contributed by atoms with van der Waals surface area (Å²) in [5.41, 5.74) is 1.41. The number of fused-ring (bicyclic) bond motifs is 1. The zero-order valence-corrected chi connectivity index (χ0v) is 12.0. The summed E-state index contributed by atoms with van der Waals surface area (Å²) in [5.74, 6) is 0. The van der Waals surface area contributed by atoms with Gasteiger partial charge in [0.15, 0.2) is 0 Å². The molecule has 1 aromatic rings. The lowest BCUT2D eigenvalue weighted by molar-refractivity contribution is 0.0790. The second kappa shape index (κ2) is 6.19. The van der Waals surface area contributed by atoms with Crippen molar-refractivity contribution in [1.82, 2.24) is 5.32 Å². The van der Waals surface area contributed by atoms with Gasteiger partial charge in [0.05, 0.1) is 17.0 Å². The number of thiophene rings is 1. The monoisotopic (exact) mass is 273 g/mol. The van der Waals surface area contributed by atoms with E-state index in [1.165, 1.54) is 29.7 Å². The van der Waals surface area contributed by atoms with Crippen molar-refractivity contribution in [3.63, 3.8) is 0 Å². The van der Waals surface area contributed by atoms with Crippen molar-refractivity contribution in [2.45, 2.75) is 45.3 Å². The van der Waals surface area contributed by atoms with Crippen LogP contribution >= 0.6 is 22.9 Å². The van der Waals surface area contributed by atoms with Gasteiger partial charge in [-0.3, -0.25) is 0 Å². The highest BCUT2D eigenvalue weighted by Gasteiger charge is 2.21. The molecule has 0 amide bonds. The molecule has 1 N–H and O–H groups in total. The highest BCUT2D eigenvalue weighted by Crippen LogP contribution is 2.37. The second-order valence-corrected chi connectivity index (χ2v) is 6.52. The lowest BCUT2D eigenvalue weighted by Crippen LogP contribution is -2.28. The molecule has 1 heterocycles. The van der Waals surface area contributed by atoms with Crippen LogP contribution in [0.3, 0.4) is 0 Å². The molecule has 1 atom stereocenters. The third kappa shape index (κ3) is 3.68. The van der Waals surface area contributed by atoms with Crippen molar-refractivity contribution in [2.24, 2.45) is 0 Å². The molecule has 1 aliphatic carbocycles. The molecule has 96 valence electrons. The van der Waals surface area contributed by atoms with E-state index in [9.17, 15) is 0 Å². The molecule has 0 spiro atoms. The van der Waals surface area contributed by atoms with Gasteiger partial charge in [0.2, 0.25) is 0 Å². The van der Waals surface area contributed by atoms with Crippen LogP contribution in [0, 0.1) is 0 Å². The molecule has 0 saturated carbocycles. The average molecular weight is 274 g/mol. The van der Waals surface area contributed by atoms with E-state index in [1.54, 1.807) is 11.3 Å². The highest BCUT2D eigenvalue weighted by atomic mass is 35.5. The van der Waals surface area contributed by atoms with Crippen molar-refractivity contribution in [2.75, 3.05) is 13.2 Å². The van der Waals surface area contributed by atoms with Gasteiger partial charge in [-0.05, 0) is 44.7 Å². The van der Waals surface area contributed by atoms with Crippen LogP contribution in [0.25, 0.3) is 0 Å². The van der Waals surface area contributed by atoms with Crippen LogP contribution in [0.2, 0.25) is 4.34 Å². The molecule has 0 fully saturated rings. The smallest absolute Gasteiger partial charge is 0.0934 e. The van der Waals surface area contributed by atoms with Gasteiger partial charge in [0, 0.05) is 17.5 Å². The predicted molar refractivity (Wildman–Crippen MR) is 74.1 cm³/mol. The second-order valence-electron chi connectivity index (χ2n) is 4.75. The van der Waals surface area contributed by atoms with Crippen molar-refractivity contribution in [3.8, 4) is 0 Å². The summed E-state index contributed by atoms with van der Waals surface area (Å²) in [6.45, 7) is 5.83. The number of hydrogen-bond donors (Lipinski definition) is 1. The van der Waals surface area contributed by atoms with Gasteiger partial charge in [0.1, 0.15) is 0 Å². The Hall–Kier alpha value is -0.0900. The first-order valence-corrected chi connectivity index (χ1v) is 7.49. The molecule has 0 saturated heterocycles. The van der Waals surface area contributed by atoms with Crippen LogP contribution in [0.1, 0.15) is 43.2 Å². The topological polar surface area (TPSA) is 21.3 Å². The third-order valence-corrected chi connectivity index (χ3v) is 4.37. The van der Waals surface area contributed by atoms with Crippen molar-refractivity contribution in [3.05, 3.63) is 20.8 Å². The first-order chi connectivity index (χ1) is 8.16. The van der Waals surface area contributed by atoms with Gasteiger partial charge in [-0.2, -0.15) is 0 Å². The van der Waals surface area contributed by atoms with E-state index in [4.69, 9.17) is 16.3 Å². The molecular formula is C13H20ClNOS. The van der Waals surface area contributed by atoms with Crippen molar-refractivity contribution >= 4 is 22.9 Å². The SMILES string of the molecule is CC(C)OCCNC1CCCc2sc(Cl)cc21. The Labute approximate surface area is 112 Å². The Balaban J connectivity index is 1.86. The maximum absolute atomic E-state index is 6.09. The van der Waals surface area contributed by atoms with E-state index < -0.39 is 0 Å². The molecule has 2 nitrogen and oxygen atoms in total. The van der Waals surface area contributed by atoms with Crippen molar-refractivity contribution in [1.29, 1.82) is 0 Å². The lowest BCUT2D eigenvalue weighted by atomic mass is 9.94. The first-order valence-electron chi connectivity index (χ1n) is 6.30. The van der Waals surface area contributed by atoms with Gasteiger partial charge in [-0.15, -0.1) is 11.3 Å². The molecule has 0 aromatic carbocycles. The maximum atomic E-state index is 6.09. The number of halogens is 1. The standard InChI is InChI=1S/C13H20ClNOS/c1-9(2)16-7-6-15-11-4-3-5-12-10(11)8-13(14)17-12/h8-9,11,15H,3-7H2,1-2H3. The van der Waals surface area contributed by atoms with E-state index in [-0.39, 0.29) is 0 Å². The molecule has 1 aliphatic rings. The summed E-state index contributed by atoms with van der Waals surface area (Å²) in [7, 11) is 0. The lowest BCUT2D eigenvalue weighted by Gasteiger charge is -2.23. The number of rotatable bonds is 5. The molecule has 0 bridgehead atoms. The molecule has 1 aromatic heterocycles. The van der Waals surface area contributed by atoms with Gasteiger partial charge in [0.25, 0.3) is 0 Å². The minimum Gasteiger partial charge on any atom is -0.377 e. The largest absolute Gasteiger partial charge is 0.377 e. The first kappa shape index (κ1) is 13.3. The predicted octanol–water partition coefficient (Wildman–Crippen LogP) is 3.79. The average Bonchev–Trinajstić information content (AvgIpc) is 2.65. The van der Waals surface area contributed by atoms with Gasteiger partial charge < -0.3 is 10.1 Å². The normalized spacial score (nSPS) is 19.6. The summed E-state index contributed by atoms with van der Waals surface area (Å²) in [5, 5.41) is 3.57. The molecule has 2 rings (SSSR count). The summed E-state index contributed by atoms with van der Waals surface area (Å²) in [6, 6.07) is 2.60. The fraction of sp³-hybridized carbons (Fsp3) is 0.692. The van der Waals surface area contributed by atoms with E-state index in [0.29, 0.717) is 12.1 Å². The zero-order valence-electron chi connectivity index (χ0n) is 10.5. The molecule has 17 heavy (non-hydrogen) atoms. The Morgan fingerprint density at radius 1 is 1.59 bits per heavy atom. The Bertz CT molecular complexity index is 364. The summed E-state index contributed by atoms with van der Waals surface area (Å²) in [6.07, 6.45) is 3.97. The number of aryl methyl sites for hydroxylation is 1. The van der Waals surface area contributed by atoms with Gasteiger partial charge in [-0.1, -0.05) is 11.6 Å². The van der Waals surface area contributed by atoms with Crippen LogP contribution in [-0.4, -0.2) is 19.3 Å². The highest BCUT2D eigenvalue weighted by molar-refractivity contribution is 7.16. The van der Waals surface area contributed by atoms with Crippen LogP contribution < -0.4 is 5.32 Å². The Kier molecular flexibility index (Phi) is 4.86. The molecule has 0 radical (unpaired) electrons. The number of hydrogen-bond acceptors (Lipinski definition) is 3. The minimum atomic E-state index is 0.314. The Morgan fingerprint density at radius 2 is 2.41 bits per heavy atom. The summed E-state index contributed by atoms with van der Waals surface area (Å²) < 4.78 is 6.46.